The average molecular weight is 397 g/mol. The van der Waals surface area contributed by atoms with Crippen LogP contribution in [0.3, 0.4) is 0 Å². The van der Waals surface area contributed by atoms with Crippen molar-refractivity contribution in [3.63, 3.8) is 0 Å². The van der Waals surface area contributed by atoms with E-state index in [0.717, 1.165) is 6.42 Å². The third-order valence-electron chi connectivity index (χ3n) is 7.76. The first-order valence-corrected chi connectivity index (χ1v) is 11.4. The van der Waals surface area contributed by atoms with Crippen molar-refractivity contribution in [3.05, 3.63) is 124 Å². The van der Waals surface area contributed by atoms with Gasteiger partial charge in [-0.25, -0.2) is 0 Å². The van der Waals surface area contributed by atoms with Gasteiger partial charge in [0.1, 0.15) is 0 Å². The van der Waals surface area contributed by atoms with Gasteiger partial charge in [0, 0.05) is 0 Å². The van der Waals surface area contributed by atoms with Gasteiger partial charge >= 0.3 is 0 Å². The summed E-state index contributed by atoms with van der Waals surface area (Å²) >= 11 is 0. The quantitative estimate of drug-likeness (QED) is 0.284. The van der Waals surface area contributed by atoms with Crippen molar-refractivity contribution in [2.24, 2.45) is 5.92 Å². The molecule has 0 bridgehead atoms. The van der Waals surface area contributed by atoms with Crippen LogP contribution in [-0.4, -0.2) is 0 Å². The first-order valence-electron chi connectivity index (χ1n) is 11.4. The Bertz CT molecular complexity index is 1480. The Morgan fingerprint density at radius 1 is 0.742 bits per heavy atom. The van der Waals surface area contributed by atoms with Gasteiger partial charge in [-0.15, -0.1) is 0 Å². The molecule has 0 N–H and O–H groups in total. The molecule has 3 aliphatic rings. The molecule has 0 aliphatic heterocycles. The summed E-state index contributed by atoms with van der Waals surface area (Å²) < 4.78 is 0. The lowest BCUT2D eigenvalue weighted by atomic mass is 9.68. The Hall–Kier alpha value is -3.38. The van der Waals surface area contributed by atoms with Crippen molar-refractivity contribution >= 4 is 16.3 Å². The van der Waals surface area contributed by atoms with Gasteiger partial charge < -0.3 is 0 Å². The van der Waals surface area contributed by atoms with Gasteiger partial charge in [0.25, 0.3) is 0 Å². The largest absolute Gasteiger partial charge is 0.0810 e. The van der Waals surface area contributed by atoms with Gasteiger partial charge in [-0.3, -0.25) is 0 Å². The molecular formula is C31H24. The molecule has 7 rings (SSSR count). The second kappa shape index (κ2) is 5.86. The molecule has 31 heavy (non-hydrogen) atoms. The van der Waals surface area contributed by atoms with E-state index < -0.39 is 0 Å². The highest BCUT2D eigenvalue weighted by atomic mass is 14.5. The molecule has 3 aliphatic carbocycles. The molecule has 2 unspecified atom stereocenters. The van der Waals surface area contributed by atoms with Crippen LogP contribution in [0.1, 0.15) is 41.2 Å². The van der Waals surface area contributed by atoms with Crippen LogP contribution in [-0.2, 0) is 5.41 Å². The summed E-state index contributed by atoms with van der Waals surface area (Å²) in [5.41, 5.74) is 12.8. The Morgan fingerprint density at radius 2 is 1.39 bits per heavy atom. The van der Waals surface area contributed by atoms with E-state index in [1.165, 1.54) is 55.3 Å². The number of hydrogen-bond acceptors (Lipinski definition) is 0. The SMILES string of the molecule is Cc1cc2c(c3ccccc13)-c1ccccc1C21C2=C(CC(C)C=C2)c2ccccc21. The van der Waals surface area contributed by atoms with Crippen LogP contribution in [0, 0.1) is 12.8 Å². The molecule has 4 aromatic rings. The maximum Gasteiger partial charge on any atom is 0.0722 e. The minimum atomic E-state index is -0.205. The van der Waals surface area contributed by atoms with Crippen LogP contribution in [0.15, 0.2) is 96.6 Å². The van der Waals surface area contributed by atoms with E-state index in [4.69, 9.17) is 0 Å². The first-order chi connectivity index (χ1) is 15.2. The Kier molecular flexibility index (Phi) is 3.27. The third-order valence-corrected chi connectivity index (χ3v) is 7.76. The highest BCUT2D eigenvalue weighted by Crippen LogP contribution is 2.64. The number of benzene rings is 4. The van der Waals surface area contributed by atoms with Crippen LogP contribution >= 0.6 is 0 Å². The Balaban J connectivity index is 1.72. The zero-order chi connectivity index (χ0) is 20.7. The predicted molar refractivity (Wildman–Crippen MR) is 130 cm³/mol. The minimum absolute atomic E-state index is 0.205. The molecule has 0 fully saturated rings. The minimum Gasteiger partial charge on any atom is -0.0810 e. The summed E-state index contributed by atoms with van der Waals surface area (Å²) in [6.07, 6.45) is 5.98. The van der Waals surface area contributed by atoms with E-state index in [1.807, 2.05) is 0 Å². The van der Waals surface area contributed by atoms with Crippen molar-refractivity contribution in [3.8, 4) is 11.1 Å². The molecule has 0 radical (unpaired) electrons. The van der Waals surface area contributed by atoms with Crippen molar-refractivity contribution in [1.82, 2.24) is 0 Å². The van der Waals surface area contributed by atoms with E-state index in [9.17, 15) is 0 Å². The van der Waals surface area contributed by atoms with Gasteiger partial charge in [0.15, 0.2) is 0 Å². The summed E-state index contributed by atoms with van der Waals surface area (Å²) in [5, 5.41) is 2.74. The van der Waals surface area contributed by atoms with Gasteiger partial charge in [-0.2, -0.15) is 0 Å². The molecule has 0 amide bonds. The summed E-state index contributed by atoms with van der Waals surface area (Å²) in [4.78, 5) is 0. The van der Waals surface area contributed by atoms with Crippen molar-refractivity contribution < 1.29 is 0 Å². The van der Waals surface area contributed by atoms with Crippen LogP contribution in [0.5, 0.6) is 0 Å². The topological polar surface area (TPSA) is 0 Å². The van der Waals surface area contributed by atoms with E-state index in [-0.39, 0.29) is 5.41 Å². The van der Waals surface area contributed by atoms with Crippen LogP contribution in [0.2, 0.25) is 0 Å². The molecule has 0 heterocycles. The van der Waals surface area contributed by atoms with Crippen molar-refractivity contribution in [2.45, 2.75) is 25.7 Å². The molecule has 0 heteroatoms. The van der Waals surface area contributed by atoms with Crippen LogP contribution < -0.4 is 0 Å². The maximum absolute atomic E-state index is 2.48. The zero-order valence-electron chi connectivity index (χ0n) is 17.9. The Labute approximate surface area is 183 Å². The molecule has 0 saturated carbocycles. The van der Waals surface area contributed by atoms with E-state index in [2.05, 4.69) is 105 Å². The normalized spacial score (nSPS) is 22.6. The van der Waals surface area contributed by atoms with E-state index in [1.54, 1.807) is 5.57 Å². The highest BCUT2D eigenvalue weighted by Gasteiger charge is 2.53. The molecule has 0 nitrogen and oxygen atoms in total. The number of aryl methyl sites for hydroxylation is 1. The van der Waals surface area contributed by atoms with Gasteiger partial charge in [-0.1, -0.05) is 97.9 Å². The predicted octanol–water partition coefficient (Wildman–Crippen LogP) is 7.83. The summed E-state index contributed by atoms with van der Waals surface area (Å²) in [7, 11) is 0. The van der Waals surface area contributed by atoms with E-state index >= 15 is 0 Å². The average Bonchev–Trinajstić information content (AvgIpc) is 3.26. The van der Waals surface area contributed by atoms with Gasteiger partial charge in [-0.05, 0) is 80.1 Å². The van der Waals surface area contributed by atoms with E-state index in [0.29, 0.717) is 5.92 Å². The number of fused-ring (bicyclic) bond motifs is 11. The lowest BCUT2D eigenvalue weighted by molar-refractivity contribution is 0.725. The zero-order valence-corrected chi connectivity index (χ0v) is 17.9. The van der Waals surface area contributed by atoms with Crippen LogP contribution in [0.25, 0.3) is 27.5 Å². The first kappa shape index (κ1) is 17.3. The maximum atomic E-state index is 2.48. The summed E-state index contributed by atoms with van der Waals surface area (Å²) in [6.45, 7) is 4.61. The molecule has 0 aromatic heterocycles. The molecule has 0 saturated heterocycles. The van der Waals surface area contributed by atoms with Crippen LogP contribution in [0.4, 0.5) is 0 Å². The number of rotatable bonds is 0. The summed E-state index contributed by atoms with van der Waals surface area (Å²) in [6, 6.07) is 29.7. The fraction of sp³-hybridized carbons (Fsp3) is 0.161. The molecule has 1 spiro atoms. The summed E-state index contributed by atoms with van der Waals surface area (Å²) in [5.74, 6) is 0.580. The monoisotopic (exact) mass is 396 g/mol. The van der Waals surface area contributed by atoms with Crippen molar-refractivity contribution in [1.29, 1.82) is 0 Å². The number of allylic oxidation sites excluding steroid dienone is 4. The standard InChI is InChI=1S/C31H24/c1-19-15-16-28-25(17-19)22-10-5-7-13-26(22)31(28)27-14-8-6-12-24(27)30-23-11-4-3-9-21(23)20(2)18-29(30)31/h3-16,18-19H,17H2,1-2H3. The second-order valence-electron chi connectivity index (χ2n) is 9.44. The third kappa shape index (κ3) is 1.96. The smallest absolute Gasteiger partial charge is 0.0722 e. The van der Waals surface area contributed by atoms with Gasteiger partial charge in [0.05, 0.1) is 5.41 Å². The lowest BCUT2D eigenvalue weighted by Crippen LogP contribution is -2.27. The number of hydrogen-bond donors (Lipinski definition) is 0. The molecule has 2 atom stereocenters. The second-order valence-corrected chi connectivity index (χ2v) is 9.44. The molecule has 4 aromatic carbocycles. The fourth-order valence-corrected chi connectivity index (χ4v) is 6.58. The van der Waals surface area contributed by atoms with Crippen molar-refractivity contribution in [2.75, 3.05) is 0 Å². The molecular weight excluding hydrogens is 372 g/mol. The molecule has 148 valence electrons. The van der Waals surface area contributed by atoms with Gasteiger partial charge in [0.2, 0.25) is 0 Å². The highest BCUT2D eigenvalue weighted by molar-refractivity contribution is 6.07. The Morgan fingerprint density at radius 3 is 2.19 bits per heavy atom. The lowest BCUT2D eigenvalue weighted by Gasteiger charge is -2.33. The fourth-order valence-electron chi connectivity index (χ4n) is 6.58.